The Kier molecular flexibility index (Phi) is 13.8. The fraction of sp³-hybridized carbons (Fsp3) is 0.706. The summed E-state index contributed by atoms with van der Waals surface area (Å²) in [5.41, 5.74) is 0. The molecule has 1 atom stereocenters. The summed E-state index contributed by atoms with van der Waals surface area (Å²) >= 11 is 1.84. The number of nitrogens with zero attached hydrogens (tertiary/aromatic N) is 1. The third-order valence-corrected chi connectivity index (χ3v) is 4.81. The second-order valence-electron chi connectivity index (χ2n) is 5.46. The maximum atomic E-state index is 9.14. The fourth-order valence-electron chi connectivity index (χ4n) is 2.38. The first-order chi connectivity index (χ1) is 10.7. The minimum absolute atomic E-state index is 0. The van der Waals surface area contributed by atoms with Crippen molar-refractivity contribution in [3.8, 4) is 0 Å². The molecule has 0 aliphatic rings. The Morgan fingerprint density at radius 3 is 2.48 bits per heavy atom. The minimum atomic E-state index is 0. The Balaban J connectivity index is 0.00000484. The molecule has 0 aliphatic heterocycles. The van der Waals surface area contributed by atoms with Crippen LogP contribution in [0.1, 0.15) is 49.8 Å². The molecule has 0 saturated carbocycles. The highest BCUT2D eigenvalue weighted by molar-refractivity contribution is 14.0. The van der Waals surface area contributed by atoms with Crippen molar-refractivity contribution in [3.05, 3.63) is 21.9 Å². The number of halogens is 1. The Labute approximate surface area is 162 Å². The van der Waals surface area contributed by atoms with Gasteiger partial charge in [-0.3, -0.25) is 0 Å². The summed E-state index contributed by atoms with van der Waals surface area (Å²) in [5.74, 6) is 1.38. The molecular weight excluding hydrogens is 421 g/mol. The SMILES string of the molecule is CCCC(CCO)CNC(=NCc1ccc(CC)s1)NCC.I. The van der Waals surface area contributed by atoms with Crippen molar-refractivity contribution in [2.24, 2.45) is 10.9 Å². The van der Waals surface area contributed by atoms with Gasteiger partial charge in [0.1, 0.15) is 0 Å². The highest BCUT2D eigenvalue weighted by Crippen LogP contribution is 2.17. The van der Waals surface area contributed by atoms with Crippen molar-refractivity contribution in [2.75, 3.05) is 19.7 Å². The van der Waals surface area contributed by atoms with Crippen molar-refractivity contribution in [1.29, 1.82) is 0 Å². The molecule has 0 aliphatic carbocycles. The largest absolute Gasteiger partial charge is 0.396 e. The molecule has 23 heavy (non-hydrogen) atoms. The van der Waals surface area contributed by atoms with Crippen molar-refractivity contribution >= 4 is 41.3 Å². The highest BCUT2D eigenvalue weighted by Gasteiger charge is 2.08. The van der Waals surface area contributed by atoms with Crippen molar-refractivity contribution in [3.63, 3.8) is 0 Å². The maximum absolute atomic E-state index is 9.14. The molecule has 1 heterocycles. The zero-order valence-electron chi connectivity index (χ0n) is 14.6. The third kappa shape index (κ3) is 9.52. The van der Waals surface area contributed by atoms with E-state index < -0.39 is 0 Å². The molecule has 0 radical (unpaired) electrons. The van der Waals surface area contributed by atoms with Crippen LogP contribution in [0.2, 0.25) is 0 Å². The lowest BCUT2D eigenvalue weighted by Crippen LogP contribution is -2.40. The number of aliphatic imine (C=N–C) groups is 1. The van der Waals surface area contributed by atoms with Crippen molar-refractivity contribution in [2.45, 2.75) is 53.0 Å². The van der Waals surface area contributed by atoms with Gasteiger partial charge in [0.2, 0.25) is 0 Å². The van der Waals surface area contributed by atoms with Gasteiger partial charge in [0.25, 0.3) is 0 Å². The molecule has 0 fully saturated rings. The van der Waals surface area contributed by atoms with Gasteiger partial charge < -0.3 is 15.7 Å². The topological polar surface area (TPSA) is 56.6 Å². The number of nitrogens with one attached hydrogen (secondary N) is 2. The number of aryl methyl sites for hydroxylation is 1. The minimum Gasteiger partial charge on any atom is -0.396 e. The van der Waals surface area contributed by atoms with Crippen LogP contribution in [-0.4, -0.2) is 30.8 Å². The summed E-state index contributed by atoms with van der Waals surface area (Å²) in [6.45, 7) is 9.15. The lowest BCUT2D eigenvalue weighted by Gasteiger charge is -2.18. The van der Waals surface area contributed by atoms with Crippen LogP contribution >= 0.6 is 35.3 Å². The molecule has 0 aromatic carbocycles. The highest BCUT2D eigenvalue weighted by atomic mass is 127. The van der Waals surface area contributed by atoms with E-state index in [0.717, 1.165) is 51.3 Å². The molecule has 0 saturated heterocycles. The van der Waals surface area contributed by atoms with Gasteiger partial charge in [-0.05, 0) is 44.2 Å². The first kappa shape index (κ1) is 22.7. The van der Waals surface area contributed by atoms with Crippen LogP contribution in [0.5, 0.6) is 0 Å². The van der Waals surface area contributed by atoms with Crippen LogP contribution in [0.15, 0.2) is 17.1 Å². The number of thiophene rings is 1. The zero-order chi connectivity index (χ0) is 16.2. The average molecular weight is 453 g/mol. The Hall–Kier alpha value is -0.340. The number of guanidine groups is 1. The van der Waals surface area contributed by atoms with Crippen LogP contribution < -0.4 is 10.6 Å². The summed E-state index contributed by atoms with van der Waals surface area (Å²) in [6.07, 6.45) is 4.23. The van der Waals surface area contributed by atoms with Gasteiger partial charge in [-0.1, -0.05) is 20.3 Å². The molecule has 3 N–H and O–H groups in total. The summed E-state index contributed by atoms with van der Waals surface area (Å²) in [5, 5.41) is 15.8. The van der Waals surface area contributed by atoms with Crippen LogP contribution in [0.3, 0.4) is 0 Å². The van der Waals surface area contributed by atoms with Gasteiger partial charge in [0.05, 0.1) is 6.54 Å². The molecule has 0 bridgehead atoms. The van der Waals surface area contributed by atoms with Crippen LogP contribution in [0.25, 0.3) is 0 Å². The van der Waals surface area contributed by atoms with Crippen LogP contribution in [-0.2, 0) is 13.0 Å². The third-order valence-electron chi connectivity index (χ3n) is 3.60. The quantitative estimate of drug-likeness (QED) is 0.287. The number of rotatable bonds is 10. The zero-order valence-corrected chi connectivity index (χ0v) is 17.7. The van der Waals surface area contributed by atoms with Gasteiger partial charge in [0, 0.05) is 29.5 Å². The van der Waals surface area contributed by atoms with E-state index in [2.05, 4.69) is 48.5 Å². The molecule has 134 valence electrons. The lowest BCUT2D eigenvalue weighted by molar-refractivity contribution is 0.251. The van der Waals surface area contributed by atoms with Gasteiger partial charge >= 0.3 is 0 Å². The predicted octanol–water partition coefficient (Wildman–Crippen LogP) is 3.78. The summed E-state index contributed by atoms with van der Waals surface area (Å²) in [6, 6.07) is 4.36. The number of hydrogen-bond donors (Lipinski definition) is 3. The van der Waals surface area contributed by atoms with E-state index in [0.29, 0.717) is 5.92 Å². The normalized spacial score (nSPS) is 12.6. The van der Waals surface area contributed by atoms with E-state index in [1.54, 1.807) is 0 Å². The molecule has 0 spiro atoms. The second kappa shape index (κ2) is 14.0. The van der Waals surface area contributed by atoms with E-state index in [1.807, 2.05) is 11.3 Å². The summed E-state index contributed by atoms with van der Waals surface area (Å²) < 4.78 is 0. The number of aliphatic hydroxyl groups is 1. The molecule has 1 rings (SSSR count). The van der Waals surface area contributed by atoms with Crippen LogP contribution in [0.4, 0.5) is 0 Å². The Morgan fingerprint density at radius 1 is 1.17 bits per heavy atom. The standard InChI is InChI=1S/C17H31N3OS.HI/c1-4-7-14(10-11-21)12-19-17(18-6-3)20-13-16-9-8-15(5-2)22-16;/h8-9,14,21H,4-7,10-13H2,1-3H3,(H2,18,19,20);1H. The average Bonchev–Trinajstić information content (AvgIpc) is 2.98. The first-order valence-corrected chi connectivity index (χ1v) is 9.25. The molecule has 4 nitrogen and oxygen atoms in total. The van der Waals surface area contributed by atoms with Gasteiger partial charge in [0.15, 0.2) is 5.96 Å². The van der Waals surface area contributed by atoms with E-state index in [4.69, 9.17) is 5.11 Å². The summed E-state index contributed by atoms with van der Waals surface area (Å²) in [4.78, 5) is 7.38. The Morgan fingerprint density at radius 2 is 1.91 bits per heavy atom. The first-order valence-electron chi connectivity index (χ1n) is 8.44. The molecule has 6 heteroatoms. The van der Waals surface area contributed by atoms with Crippen molar-refractivity contribution in [1.82, 2.24) is 10.6 Å². The van der Waals surface area contributed by atoms with Gasteiger partial charge in [-0.15, -0.1) is 35.3 Å². The smallest absolute Gasteiger partial charge is 0.191 e. The van der Waals surface area contributed by atoms with E-state index in [9.17, 15) is 0 Å². The van der Waals surface area contributed by atoms with E-state index in [1.165, 1.54) is 9.75 Å². The lowest BCUT2D eigenvalue weighted by atomic mass is 10.0. The van der Waals surface area contributed by atoms with Gasteiger partial charge in [-0.2, -0.15) is 0 Å². The number of hydrogen-bond acceptors (Lipinski definition) is 3. The second-order valence-corrected chi connectivity index (χ2v) is 6.72. The summed E-state index contributed by atoms with van der Waals surface area (Å²) in [7, 11) is 0. The molecule has 0 amide bonds. The fourth-order valence-corrected chi connectivity index (χ4v) is 3.26. The Bertz CT molecular complexity index is 431. The number of aliphatic hydroxyl groups excluding tert-OH is 1. The monoisotopic (exact) mass is 453 g/mol. The molecule has 1 aromatic heterocycles. The molecule has 1 unspecified atom stereocenters. The molecule has 1 aromatic rings. The van der Waals surface area contributed by atoms with E-state index >= 15 is 0 Å². The molecular formula is C17H32IN3OS. The van der Waals surface area contributed by atoms with E-state index in [-0.39, 0.29) is 30.6 Å². The van der Waals surface area contributed by atoms with Gasteiger partial charge in [-0.25, -0.2) is 4.99 Å². The van der Waals surface area contributed by atoms with Crippen LogP contribution in [0, 0.1) is 5.92 Å². The van der Waals surface area contributed by atoms with Crippen molar-refractivity contribution < 1.29 is 5.11 Å². The maximum Gasteiger partial charge on any atom is 0.191 e. The predicted molar refractivity (Wildman–Crippen MR) is 112 cm³/mol.